The van der Waals surface area contributed by atoms with Gasteiger partial charge in [-0.15, -0.1) is 12.8 Å². The first-order chi connectivity index (χ1) is 17.5. The predicted octanol–water partition coefficient (Wildman–Crippen LogP) is 7.47. The van der Waals surface area contributed by atoms with Crippen LogP contribution >= 0.6 is 24.6 Å². The molecule has 0 aliphatic carbocycles. The highest BCUT2D eigenvalue weighted by Crippen LogP contribution is 2.33. The number of fused-ring (bicyclic) bond motifs is 1. The number of nitrogens with one attached hydrogen (secondary N) is 2. The first kappa shape index (κ1) is 34.1. The molecule has 4 N–H and O–H groups in total. The van der Waals surface area contributed by atoms with Gasteiger partial charge in [0.05, 0.1) is 12.0 Å². The maximum Gasteiger partial charge on any atom is 0.261 e. The predicted molar refractivity (Wildman–Crippen MR) is 165 cm³/mol. The van der Waals surface area contributed by atoms with E-state index in [9.17, 15) is 4.79 Å². The molecule has 0 fully saturated rings. The standard InChI is InChI=1S/C24H26N2O2S.C3H8.C2H2.CH5NS/c1-15(25)19-8-6-7-16-13-17(9-11-20(16)19)23(27)26-29-22-14-18(24(2,3)4)10-12-21(22)28-5;1-3-2;1-2;2-1-3/h6-14,25H,1-5H3,(H,26,27);3H2,1-2H3;1-2H;3H,1-2H2. The van der Waals surface area contributed by atoms with Crippen molar-refractivity contribution in [3.8, 4) is 18.6 Å². The molecule has 0 aromatic heterocycles. The highest BCUT2D eigenvalue weighted by atomic mass is 32.2. The van der Waals surface area contributed by atoms with Gasteiger partial charge in [0.15, 0.2) is 0 Å². The van der Waals surface area contributed by atoms with Gasteiger partial charge in [-0.3, -0.25) is 9.52 Å². The number of nitrogens with two attached hydrogens (primary N) is 1. The second-order valence-corrected chi connectivity index (χ2v) is 10.1. The number of amides is 1. The maximum absolute atomic E-state index is 12.7. The number of carbonyl (C=O) groups excluding carboxylic acids is 1. The van der Waals surface area contributed by atoms with E-state index in [0.29, 0.717) is 17.2 Å². The van der Waals surface area contributed by atoms with Crippen molar-refractivity contribution < 1.29 is 9.53 Å². The van der Waals surface area contributed by atoms with Crippen LogP contribution in [0.1, 0.15) is 69.4 Å². The van der Waals surface area contributed by atoms with E-state index in [2.05, 4.69) is 76.9 Å². The number of methoxy groups -OCH3 is 1. The van der Waals surface area contributed by atoms with Crippen LogP contribution in [0.3, 0.4) is 0 Å². The van der Waals surface area contributed by atoms with Crippen molar-refractivity contribution in [2.45, 2.75) is 58.3 Å². The molecule has 0 saturated heterocycles. The smallest absolute Gasteiger partial charge is 0.261 e. The van der Waals surface area contributed by atoms with E-state index in [1.54, 1.807) is 20.1 Å². The molecule has 3 aromatic carbocycles. The Bertz CT molecular complexity index is 1170. The highest BCUT2D eigenvalue weighted by Gasteiger charge is 2.17. The van der Waals surface area contributed by atoms with Crippen molar-refractivity contribution in [2.75, 3.05) is 13.0 Å². The normalized spacial score (nSPS) is 9.92. The van der Waals surface area contributed by atoms with Gasteiger partial charge in [0.1, 0.15) is 5.75 Å². The van der Waals surface area contributed by atoms with Crippen LogP contribution in [0.25, 0.3) is 10.8 Å². The third-order valence-electron chi connectivity index (χ3n) is 4.83. The van der Waals surface area contributed by atoms with Gasteiger partial charge in [-0.25, -0.2) is 0 Å². The Labute approximate surface area is 233 Å². The third kappa shape index (κ3) is 10.9. The number of rotatable bonds is 5. The fourth-order valence-corrected chi connectivity index (χ4v) is 3.89. The molecule has 7 heteroatoms. The number of terminal acetylenes is 1. The summed E-state index contributed by atoms with van der Waals surface area (Å²) in [5.74, 6) is 1.00. The molecule has 0 radical (unpaired) electrons. The van der Waals surface area contributed by atoms with Crippen LogP contribution in [-0.4, -0.2) is 24.6 Å². The molecular weight excluding hydrogens is 498 g/mol. The summed E-state index contributed by atoms with van der Waals surface area (Å²) in [6, 6.07) is 17.4. The molecular formula is C30H41N3O2S2. The Kier molecular flexibility index (Phi) is 16.1. The van der Waals surface area contributed by atoms with E-state index in [0.717, 1.165) is 27.0 Å². The van der Waals surface area contributed by atoms with Gasteiger partial charge in [0.25, 0.3) is 5.91 Å². The molecule has 5 nitrogen and oxygen atoms in total. The van der Waals surface area contributed by atoms with Crippen molar-refractivity contribution >= 4 is 47.0 Å². The quantitative estimate of drug-likeness (QED) is 0.0890. The zero-order chi connectivity index (χ0) is 28.6. The number of hydrogen-bond donors (Lipinski definition) is 4. The largest absolute Gasteiger partial charge is 0.496 e. The van der Waals surface area contributed by atoms with Crippen molar-refractivity contribution in [1.82, 2.24) is 4.72 Å². The molecule has 1 amide bonds. The van der Waals surface area contributed by atoms with E-state index < -0.39 is 0 Å². The summed E-state index contributed by atoms with van der Waals surface area (Å²) in [5, 5.41) is 9.84. The zero-order valence-corrected chi connectivity index (χ0v) is 24.7. The van der Waals surface area contributed by atoms with E-state index in [1.165, 1.54) is 23.9 Å². The first-order valence-electron chi connectivity index (χ1n) is 11.9. The molecule has 200 valence electrons. The monoisotopic (exact) mass is 539 g/mol. The SMILES string of the molecule is C#C.CCC.COc1ccc(C(C)(C)C)cc1SNC(=O)c1ccc2c(C(C)=N)cccc2c1.NCS. The number of hydrogen-bond acceptors (Lipinski definition) is 6. The molecule has 0 aliphatic rings. The summed E-state index contributed by atoms with van der Waals surface area (Å²) in [4.78, 5) is 13.6. The molecule has 37 heavy (non-hydrogen) atoms. The maximum atomic E-state index is 12.7. The summed E-state index contributed by atoms with van der Waals surface area (Å²) in [6.07, 6.45) is 9.25. The Hall–Kier alpha value is -2.92. The van der Waals surface area contributed by atoms with E-state index in [4.69, 9.17) is 15.9 Å². The number of benzene rings is 3. The van der Waals surface area contributed by atoms with Gasteiger partial charge in [0.2, 0.25) is 0 Å². The lowest BCUT2D eigenvalue weighted by Gasteiger charge is -2.21. The van der Waals surface area contributed by atoms with Gasteiger partial charge in [-0.05, 0) is 64.9 Å². The Morgan fingerprint density at radius 1 is 1.11 bits per heavy atom. The fourth-order valence-electron chi connectivity index (χ4n) is 3.14. The van der Waals surface area contributed by atoms with Crippen molar-refractivity contribution in [2.24, 2.45) is 5.73 Å². The average Bonchev–Trinajstić information content (AvgIpc) is 2.87. The van der Waals surface area contributed by atoms with Crippen LogP contribution in [0.15, 0.2) is 59.5 Å². The fraction of sp³-hybridized carbons (Fsp3) is 0.333. The van der Waals surface area contributed by atoms with E-state index in [-0.39, 0.29) is 11.3 Å². The molecule has 0 bridgehead atoms. The van der Waals surface area contributed by atoms with Crippen LogP contribution < -0.4 is 15.2 Å². The third-order valence-corrected chi connectivity index (χ3v) is 5.66. The van der Waals surface area contributed by atoms with Crippen LogP contribution in [0.4, 0.5) is 0 Å². The average molecular weight is 540 g/mol. The summed E-state index contributed by atoms with van der Waals surface area (Å²) in [5.41, 5.74) is 7.87. The van der Waals surface area contributed by atoms with Gasteiger partial charge in [-0.2, -0.15) is 12.6 Å². The number of thiol groups is 1. The Balaban J connectivity index is 0.00000145. The molecule has 3 rings (SSSR count). The minimum absolute atomic E-state index is 0.00857. The van der Waals surface area contributed by atoms with Crippen LogP contribution in [0.5, 0.6) is 5.75 Å². The topological polar surface area (TPSA) is 88.2 Å². The van der Waals surface area contributed by atoms with Gasteiger partial charge < -0.3 is 15.9 Å². The summed E-state index contributed by atoms with van der Waals surface area (Å²) in [7, 11) is 1.63. The second-order valence-electron chi connectivity index (χ2n) is 8.91. The molecule has 0 heterocycles. The van der Waals surface area contributed by atoms with Gasteiger partial charge >= 0.3 is 0 Å². The van der Waals surface area contributed by atoms with Crippen LogP contribution in [0, 0.1) is 18.3 Å². The first-order valence-corrected chi connectivity index (χ1v) is 13.4. The number of carbonyl (C=O) groups is 1. The second kappa shape index (κ2) is 17.5. The lowest BCUT2D eigenvalue weighted by atomic mass is 9.87. The lowest BCUT2D eigenvalue weighted by Crippen LogP contribution is -2.16. The Morgan fingerprint density at radius 3 is 2.22 bits per heavy atom. The van der Waals surface area contributed by atoms with Crippen LogP contribution in [0.2, 0.25) is 0 Å². The van der Waals surface area contributed by atoms with Crippen molar-refractivity contribution in [3.05, 3.63) is 71.3 Å². The molecule has 0 saturated carbocycles. The zero-order valence-electron chi connectivity index (χ0n) is 23.0. The van der Waals surface area contributed by atoms with Crippen molar-refractivity contribution in [3.63, 3.8) is 0 Å². The van der Waals surface area contributed by atoms with Crippen LogP contribution in [-0.2, 0) is 5.41 Å². The lowest BCUT2D eigenvalue weighted by molar-refractivity contribution is 0.0984. The molecule has 3 aromatic rings. The van der Waals surface area contributed by atoms with Gasteiger partial charge in [0, 0.05) is 22.7 Å². The van der Waals surface area contributed by atoms with Crippen molar-refractivity contribution in [1.29, 1.82) is 5.41 Å². The van der Waals surface area contributed by atoms with E-state index >= 15 is 0 Å². The Morgan fingerprint density at radius 2 is 1.70 bits per heavy atom. The minimum atomic E-state index is -0.169. The molecule has 0 aliphatic heterocycles. The summed E-state index contributed by atoms with van der Waals surface area (Å²) >= 11 is 4.83. The molecule has 0 atom stereocenters. The minimum Gasteiger partial charge on any atom is -0.496 e. The number of ether oxygens (including phenoxy) is 1. The van der Waals surface area contributed by atoms with Gasteiger partial charge in [-0.1, -0.05) is 71.4 Å². The highest BCUT2D eigenvalue weighted by molar-refractivity contribution is 7.98. The van der Waals surface area contributed by atoms with E-state index in [1.807, 2.05) is 36.4 Å². The molecule has 0 unspecified atom stereocenters. The summed E-state index contributed by atoms with van der Waals surface area (Å²) < 4.78 is 8.38. The molecule has 0 spiro atoms. The summed E-state index contributed by atoms with van der Waals surface area (Å²) in [6.45, 7) is 12.5.